The Hall–Kier alpha value is -3.47. The molecule has 0 radical (unpaired) electrons. The summed E-state index contributed by atoms with van der Waals surface area (Å²) < 4.78 is 0. The van der Waals surface area contributed by atoms with Crippen LogP contribution in [-0.4, -0.2) is 64.0 Å². The van der Waals surface area contributed by atoms with Gasteiger partial charge in [-0.3, -0.25) is 19.2 Å². The molecular formula is C22H32N4O7. The monoisotopic (exact) mass is 464 g/mol. The summed E-state index contributed by atoms with van der Waals surface area (Å²) in [5, 5.41) is 25.5. The van der Waals surface area contributed by atoms with E-state index in [0.29, 0.717) is 12.0 Å². The molecule has 1 aromatic rings. The van der Waals surface area contributed by atoms with Gasteiger partial charge in [0.1, 0.15) is 18.1 Å². The zero-order valence-electron chi connectivity index (χ0n) is 18.9. The van der Waals surface area contributed by atoms with Crippen LogP contribution in [0.5, 0.6) is 0 Å². The Balaban J connectivity index is 2.92. The molecule has 0 aliphatic heterocycles. The normalized spacial score (nSPS) is 15.3. The number of aliphatic carboxylic acids is 2. The summed E-state index contributed by atoms with van der Waals surface area (Å²) in [5.41, 5.74) is 6.30. The van der Waals surface area contributed by atoms with Crippen LogP contribution < -0.4 is 21.7 Å². The number of carbonyl (C=O) groups is 5. The average Bonchev–Trinajstić information content (AvgIpc) is 2.76. The summed E-state index contributed by atoms with van der Waals surface area (Å²) in [4.78, 5) is 59.9. The number of carboxylic acid groups (broad SMARTS) is 2. The fourth-order valence-corrected chi connectivity index (χ4v) is 2.96. The first kappa shape index (κ1) is 27.6. The second kappa shape index (κ2) is 13.2. The first-order valence-electron chi connectivity index (χ1n) is 10.6. The molecule has 33 heavy (non-hydrogen) atoms. The molecule has 0 aromatic heterocycles. The summed E-state index contributed by atoms with van der Waals surface area (Å²) in [7, 11) is 0. The number of carboxylic acids is 2. The molecule has 1 aromatic carbocycles. The lowest BCUT2D eigenvalue weighted by Gasteiger charge is -2.25. The number of hydrogen-bond acceptors (Lipinski definition) is 6. The van der Waals surface area contributed by atoms with Crippen molar-refractivity contribution in [2.45, 2.75) is 64.2 Å². The van der Waals surface area contributed by atoms with E-state index in [9.17, 15) is 29.1 Å². The van der Waals surface area contributed by atoms with Crippen LogP contribution in [-0.2, 0) is 30.4 Å². The Morgan fingerprint density at radius 3 is 2.03 bits per heavy atom. The molecule has 1 rings (SSSR count). The number of carbonyl (C=O) groups excluding carboxylic acids is 3. The zero-order chi connectivity index (χ0) is 25.1. The molecule has 0 aliphatic rings. The molecule has 0 aliphatic carbocycles. The van der Waals surface area contributed by atoms with Crippen molar-refractivity contribution < 1.29 is 34.2 Å². The van der Waals surface area contributed by atoms with Crippen LogP contribution in [0.3, 0.4) is 0 Å². The maximum absolute atomic E-state index is 12.9. The van der Waals surface area contributed by atoms with Gasteiger partial charge in [0.05, 0.1) is 12.5 Å². The van der Waals surface area contributed by atoms with Crippen LogP contribution in [0.25, 0.3) is 0 Å². The summed E-state index contributed by atoms with van der Waals surface area (Å²) in [6, 6.07) is 4.05. The van der Waals surface area contributed by atoms with E-state index >= 15 is 0 Å². The smallest absolute Gasteiger partial charge is 0.326 e. The molecule has 11 heteroatoms. The highest BCUT2D eigenvalue weighted by molar-refractivity contribution is 5.94. The van der Waals surface area contributed by atoms with Crippen molar-refractivity contribution in [1.29, 1.82) is 0 Å². The number of rotatable bonds is 13. The largest absolute Gasteiger partial charge is 0.481 e. The van der Waals surface area contributed by atoms with Crippen LogP contribution in [0.15, 0.2) is 30.3 Å². The highest BCUT2D eigenvalue weighted by Crippen LogP contribution is 2.09. The molecule has 7 N–H and O–H groups in total. The third kappa shape index (κ3) is 9.27. The standard InChI is InChI=1S/C22H32N4O7/c1-4-12(2)18(22(32)33)26-19(29)13(3)24-21(31)16(10-14-8-6-5-7-9-14)25-20(30)15(23)11-17(27)28/h5-9,12-13,15-16,18H,4,10-11,23H2,1-3H3,(H,24,31)(H,25,30)(H,26,29)(H,27,28)(H,32,33). The van der Waals surface area contributed by atoms with E-state index in [1.807, 2.05) is 0 Å². The molecule has 0 heterocycles. The number of amides is 3. The average molecular weight is 465 g/mol. The molecule has 0 bridgehead atoms. The van der Waals surface area contributed by atoms with E-state index in [1.165, 1.54) is 6.92 Å². The van der Waals surface area contributed by atoms with Crippen LogP contribution in [0.4, 0.5) is 0 Å². The Morgan fingerprint density at radius 2 is 1.52 bits per heavy atom. The predicted octanol–water partition coefficient (Wildman–Crippen LogP) is -0.364. The van der Waals surface area contributed by atoms with Gasteiger partial charge in [-0.25, -0.2) is 4.79 Å². The van der Waals surface area contributed by atoms with E-state index in [-0.39, 0.29) is 12.3 Å². The number of hydrogen-bond donors (Lipinski definition) is 6. The van der Waals surface area contributed by atoms with Gasteiger partial charge < -0.3 is 31.9 Å². The van der Waals surface area contributed by atoms with Crippen LogP contribution in [0.1, 0.15) is 39.2 Å². The molecule has 11 nitrogen and oxygen atoms in total. The Labute approximate surface area is 192 Å². The lowest BCUT2D eigenvalue weighted by Crippen LogP contribution is -2.57. The second-order valence-corrected chi connectivity index (χ2v) is 7.90. The molecule has 0 spiro atoms. The topological polar surface area (TPSA) is 188 Å². The van der Waals surface area contributed by atoms with Gasteiger partial charge in [-0.15, -0.1) is 0 Å². The minimum absolute atomic E-state index is 0.0666. The van der Waals surface area contributed by atoms with E-state index in [0.717, 1.165) is 0 Å². The highest BCUT2D eigenvalue weighted by atomic mass is 16.4. The van der Waals surface area contributed by atoms with Gasteiger partial charge >= 0.3 is 11.9 Å². The van der Waals surface area contributed by atoms with E-state index < -0.39 is 60.2 Å². The molecule has 5 atom stereocenters. The predicted molar refractivity (Wildman–Crippen MR) is 119 cm³/mol. The van der Waals surface area contributed by atoms with Gasteiger partial charge in [-0.2, -0.15) is 0 Å². The van der Waals surface area contributed by atoms with Gasteiger partial charge in [0.25, 0.3) is 0 Å². The quantitative estimate of drug-likeness (QED) is 0.228. The van der Waals surface area contributed by atoms with Gasteiger partial charge in [-0.1, -0.05) is 50.6 Å². The molecule has 0 saturated heterocycles. The van der Waals surface area contributed by atoms with Crippen molar-refractivity contribution in [3.63, 3.8) is 0 Å². The van der Waals surface area contributed by atoms with Gasteiger partial charge in [-0.05, 0) is 18.4 Å². The summed E-state index contributed by atoms with van der Waals surface area (Å²) >= 11 is 0. The summed E-state index contributed by atoms with van der Waals surface area (Å²) in [5.74, 6) is -4.99. The van der Waals surface area contributed by atoms with Gasteiger partial charge in [0.2, 0.25) is 17.7 Å². The molecule has 0 fully saturated rings. The number of benzene rings is 1. The summed E-state index contributed by atoms with van der Waals surface area (Å²) in [6.45, 7) is 4.87. The number of nitrogens with one attached hydrogen (secondary N) is 3. The maximum Gasteiger partial charge on any atom is 0.326 e. The van der Waals surface area contributed by atoms with E-state index in [4.69, 9.17) is 10.8 Å². The molecule has 5 unspecified atom stereocenters. The lowest BCUT2D eigenvalue weighted by molar-refractivity contribution is -0.143. The van der Waals surface area contributed by atoms with Crippen molar-refractivity contribution in [2.24, 2.45) is 11.7 Å². The molecule has 3 amide bonds. The Morgan fingerprint density at radius 1 is 0.909 bits per heavy atom. The van der Waals surface area contributed by atoms with Crippen LogP contribution in [0.2, 0.25) is 0 Å². The number of nitrogens with two attached hydrogens (primary N) is 1. The molecular weight excluding hydrogens is 432 g/mol. The third-order valence-electron chi connectivity index (χ3n) is 5.18. The minimum atomic E-state index is -1.36. The van der Waals surface area contributed by atoms with Crippen molar-refractivity contribution in [1.82, 2.24) is 16.0 Å². The van der Waals surface area contributed by atoms with Gasteiger partial charge in [0.15, 0.2) is 0 Å². The maximum atomic E-state index is 12.9. The van der Waals surface area contributed by atoms with Crippen molar-refractivity contribution in [2.75, 3.05) is 0 Å². The molecule has 182 valence electrons. The van der Waals surface area contributed by atoms with Crippen LogP contribution in [0, 0.1) is 5.92 Å². The highest BCUT2D eigenvalue weighted by Gasteiger charge is 2.30. The fourth-order valence-electron chi connectivity index (χ4n) is 2.96. The Bertz CT molecular complexity index is 846. The first-order valence-corrected chi connectivity index (χ1v) is 10.6. The zero-order valence-corrected chi connectivity index (χ0v) is 18.9. The SMILES string of the molecule is CCC(C)C(NC(=O)C(C)NC(=O)C(Cc1ccccc1)NC(=O)C(N)CC(=O)O)C(=O)O. The lowest BCUT2D eigenvalue weighted by atomic mass is 9.99. The first-order chi connectivity index (χ1) is 15.5. The van der Waals surface area contributed by atoms with Crippen LogP contribution >= 0.6 is 0 Å². The van der Waals surface area contributed by atoms with Crippen molar-refractivity contribution in [3.8, 4) is 0 Å². The third-order valence-corrected chi connectivity index (χ3v) is 5.18. The minimum Gasteiger partial charge on any atom is -0.481 e. The second-order valence-electron chi connectivity index (χ2n) is 7.90. The van der Waals surface area contributed by atoms with E-state index in [2.05, 4.69) is 16.0 Å². The fraction of sp³-hybridized carbons (Fsp3) is 0.500. The Kier molecular flexibility index (Phi) is 11.0. The van der Waals surface area contributed by atoms with E-state index in [1.54, 1.807) is 44.2 Å². The van der Waals surface area contributed by atoms with Crippen molar-refractivity contribution >= 4 is 29.7 Å². The van der Waals surface area contributed by atoms with Crippen molar-refractivity contribution in [3.05, 3.63) is 35.9 Å². The van der Waals surface area contributed by atoms with Gasteiger partial charge in [0, 0.05) is 6.42 Å². The molecule has 0 saturated carbocycles. The summed E-state index contributed by atoms with van der Waals surface area (Å²) in [6.07, 6.45) is -0.0204.